The lowest BCUT2D eigenvalue weighted by molar-refractivity contribution is -0.121. The van der Waals surface area contributed by atoms with Crippen molar-refractivity contribution in [1.82, 2.24) is 10.6 Å². The summed E-state index contributed by atoms with van der Waals surface area (Å²) in [6.07, 6.45) is 0. The zero-order chi connectivity index (χ0) is 15.9. The summed E-state index contributed by atoms with van der Waals surface area (Å²) in [6.45, 7) is 4.35. The first-order chi connectivity index (χ1) is 10.6. The molecule has 0 aliphatic rings. The van der Waals surface area contributed by atoms with Gasteiger partial charge in [-0.1, -0.05) is 58.4 Å². The molecule has 0 saturated carbocycles. The van der Waals surface area contributed by atoms with E-state index in [-0.39, 0.29) is 18.0 Å². The lowest BCUT2D eigenvalue weighted by Crippen LogP contribution is -2.36. The monoisotopic (exact) mass is 360 g/mol. The molecule has 4 heteroatoms. The molecule has 1 amide bonds. The van der Waals surface area contributed by atoms with E-state index in [1.165, 1.54) is 5.56 Å². The van der Waals surface area contributed by atoms with Crippen LogP contribution in [0.5, 0.6) is 0 Å². The van der Waals surface area contributed by atoms with Crippen LogP contribution in [0.25, 0.3) is 0 Å². The second kappa shape index (κ2) is 8.11. The largest absolute Gasteiger partial charge is 0.348 e. The van der Waals surface area contributed by atoms with Gasteiger partial charge in [-0.25, -0.2) is 0 Å². The summed E-state index contributed by atoms with van der Waals surface area (Å²) in [4.78, 5) is 12.0. The van der Waals surface area contributed by atoms with E-state index in [2.05, 4.69) is 45.6 Å². The molecule has 0 heterocycles. The number of hydrogen-bond acceptors (Lipinski definition) is 2. The number of carbonyl (C=O) groups is 1. The molecule has 0 aliphatic heterocycles. The van der Waals surface area contributed by atoms with Crippen molar-refractivity contribution in [3.05, 3.63) is 70.2 Å². The average molecular weight is 361 g/mol. The Morgan fingerprint density at radius 1 is 0.955 bits per heavy atom. The fraction of sp³-hybridized carbons (Fsp3) is 0.278. The molecule has 0 unspecified atom stereocenters. The first-order valence-corrected chi connectivity index (χ1v) is 8.18. The minimum Gasteiger partial charge on any atom is -0.348 e. The van der Waals surface area contributed by atoms with E-state index < -0.39 is 0 Å². The van der Waals surface area contributed by atoms with Crippen LogP contribution < -0.4 is 10.6 Å². The lowest BCUT2D eigenvalue weighted by atomic mass is 10.1. The molecule has 0 spiro atoms. The Kier molecular flexibility index (Phi) is 6.16. The highest BCUT2D eigenvalue weighted by molar-refractivity contribution is 9.10. The normalized spacial score (nSPS) is 13.4. The first-order valence-electron chi connectivity index (χ1n) is 7.39. The third-order valence-corrected chi connectivity index (χ3v) is 4.14. The Bertz CT molecular complexity index is 598. The SMILES string of the molecule is C[C@H](NCC(=O)N[C@@H](C)c1ccc(Br)cc1)c1ccccc1. The Hall–Kier alpha value is -1.65. The molecule has 0 fully saturated rings. The van der Waals surface area contributed by atoms with Crippen LogP contribution in [0, 0.1) is 0 Å². The van der Waals surface area contributed by atoms with Gasteiger partial charge in [0.25, 0.3) is 0 Å². The van der Waals surface area contributed by atoms with Crippen LogP contribution in [0.3, 0.4) is 0 Å². The van der Waals surface area contributed by atoms with Crippen molar-refractivity contribution < 1.29 is 4.79 Å². The van der Waals surface area contributed by atoms with Crippen LogP contribution >= 0.6 is 15.9 Å². The van der Waals surface area contributed by atoms with E-state index in [1.807, 2.05) is 49.4 Å². The van der Waals surface area contributed by atoms with E-state index in [9.17, 15) is 4.79 Å². The molecular formula is C18H21BrN2O. The van der Waals surface area contributed by atoms with E-state index in [0.29, 0.717) is 6.54 Å². The maximum absolute atomic E-state index is 12.0. The summed E-state index contributed by atoms with van der Waals surface area (Å²) in [5.74, 6) is -0.00167. The number of hydrogen-bond donors (Lipinski definition) is 2. The molecule has 116 valence electrons. The first kappa shape index (κ1) is 16.7. The van der Waals surface area contributed by atoms with Crippen LogP contribution in [0.15, 0.2) is 59.1 Å². The average Bonchev–Trinajstić information content (AvgIpc) is 2.54. The Balaban J connectivity index is 1.81. The molecule has 0 aliphatic carbocycles. The van der Waals surface area contributed by atoms with Gasteiger partial charge < -0.3 is 10.6 Å². The summed E-state index contributed by atoms with van der Waals surface area (Å²) in [5.41, 5.74) is 2.27. The number of halogens is 1. The van der Waals surface area contributed by atoms with Crippen LogP contribution in [0.1, 0.15) is 37.1 Å². The number of benzene rings is 2. The highest BCUT2D eigenvalue weighted by Crippen LogP contribution is 2.16. The summed E-state index contributed by atoms with van der Waals surface area (Å²) < 4.78 is 1.04. The van der Waals surface area contributed by atoms with Crippen molar-refractivity contribution in [1.29, 1.82) is 0 Å². The quantitative estimate of drug-likeness (QED) is 0.817. The number of rotatable bonds is 6. The predicted octanol–water partition coefficient (Wildman–Crippen LogP) is 3.98. The van der Waals surface area contributed by atoms with E-state index in [4.69, 9.17) is 0 Å². The van der Waals surface area contributed by atoms with Crippen molar-refractivity contribution in [2.24, 2.45) is 0 Å². The maximum Gasteiger partial charge on any atom is 0.234 e. The van der Waals surface area contributed by atoms with Gasteiger partial charge in [0.05, 0.1) is 12.6 Å². The Morgan fingerprint density at radius 3 is 2.18 bits per heavy atom. The summed E-state index contributed by atoms with van der Waals surface area (Å²) in [6, 6.07) is 18.2. The Morgan fingerprint density at radius 2 is 1.55 bits per heavy atom. The molecule has 2 rings (SSSR count). The van der Waals surface area contributed by atoms with Gasteiger partial charge in [-0.15, -0.1) is 0 Å². The fourth-order valence-corrected chi connectivity index (χ4v) is 2.50. The summed E-state index contributed by atoms with van der Waals surface area (Å²) in [7, 11) is 0. The number of carbonyl (C=O) groups excluding carboxylic acids is 1. The fourth-order valence-electron chi connectivity index (χ4n) is 2.23. The molecule has 3 nitrogen and oxygen atoms in total. The molecule has 0 radical (unpaired) electrons. The van der Waals surface area contributed by atoms with E-state index in [0.717, 1.165) is 10.0 Å². The van der Waals surface area contributed by atoms with Crippen LogP contribution in [0.4, 0.5) is 0 Å². The van der Waals surface area contributed by atoms with Gasteiger partial charge >= 0.3 is 0 Å². The van der Waals surface area contributed by atoms with Gasteiger partial charge in [-0.05, 0) is 37.1 Å². The second-order valence-electron chi connectivity index (χ2n) is 5.35. The summed E-state index contributed by atoms with van der Waals surface area (Å²) in [5, 5.41) is 6.25. The van der Waals surface area contributed by atoms with E-state index in [1.54, 1.807) is 0 Å². The van der Waals surface area contributed by atoms with Gasteiger partial charge in [0, 0.05) is 10.5 Å². The smallest absolute Gasteiger partial charge is 0.234 e. The molecule has 0 aromatic heterocycles. The third-order valence-electron chi connectivity index (χ3n) is 3.62. The molecule has 2 aromatic rings. The molecule has 2 aromatic carbocycles. The second-order valence-corrected chi connectivity index (χ2v) is 6.27. The van der Waals surface area contributed by atoms with Gasteiger partial charge in [0.15, 0.2) is 0 Å². The van der Waals surface area contributed by atoms with Gasteiger partial charge in [-0.3, -0.25) is 4.79 Å². The molecule has 2 N–H and O–H groups in total. The zero-order valence-corrected chi connectivity index (χ0v) is 14.4. The molecule has 2 atom stereocenters. The highest BCUT2D eigenvalue weighted by Gasteiger charge is 2.11. The third kappa shape index (κ3) is 4.97. The highest BCUT2D eigenvalue weighted by atomic mass is 79.9. The summed E-state index contributed by atoms with van der Waals surface area (Å²) >= 11 is 3.41. The number of amides is 1. The molecular weight excluding hydrogens is 340 g/mol. The maximum atomic E-state index is 12.0. The standard InChI is InChI=1S/C18H21BrN2O/c1-13(15-6-4-3-5-7-15)20-12-18(22)21-14(2)16-8-10-17(19)11-9-16/h3-11,13-14,20H,12H2,1-2H3,(H,21,22)/t13-,14-/m0/s1. The topological polar surface area (TPSA) is 41.1 Å². The predicted molar refractivity (Wildman–Crippen MR) is 93.6 cm³/mol. The molecule has 0 bridgehead atoms. The van der Waals surface area contributed by atoms with Crippen molar-refractivity contribution in [2.45, 2.75) is 25.9 Å². The minimum atomic E-state index is -0.00516. The Labute approximate surface area is 140 Å². The van der Waals surface area contributed by atoms with Gasteiger partial charge in [-0.2, -0.15) is 0 Å². The van der Waals surface area contributed by atoms with Gasteiger partial charge in [0.1, 0.15) is 0 Å². The number of nitrogens with one attached hydrogen (secondary N) is 2. The molecule has 22 heavy (non-hydrogen) atoms. The zero-order valence-electron chi connectivity index (χ0n) is 12.8. The van der Waals surface area contributed by atoms with Crippen molar-refractivity contribution in [3.8, 4) is 0 Å². The van der Waals surface area contributed by atoms with Crippen LogP contribution in [-0.4, -0.2) is 12.5 Å². The van der Waals surface area contributed by atoms with Crippen molar-refractivity contribution in [3.63, 3.8) is 0 Å². The molecule has 0 saturated heterocycles. The van der Waals surface area contributed by atoms with Crippen molar-refractivity contribution >= 4 is 21.8 Å². The van der Waals surface area contributed by atoms with Crippen LogP contribution in [0.2, 0.25) is 0 Å². The lowest BCUT2D eigenvalue weighted by Gasteiger charge is -2.17. The van der Waals surface area contributed by atoms with Crippen molar-refractivity contribution in [2.75, 3.05) is 6.54 Å². The van der Waals surface area contributed by atoms with Crippen LogP contribution in [-0.2, 0) is 4.79 Å². The van der Waals surface area contributed by atoms with Gasteiger partial charge in [0.2, 0.25) is 5.91 Å². The van der Waals surface area contributed by atoms with E-state index >= 15 is 0 Å². The minimum absolute atomic E-state index is 0.00167.